The van der Waals surface area contributed by atoms with Crippen LogP contribution < -0.4 is 5.32 Å². The molecule has 1 saturated heterocycles. The molecule has 0 spiro atoms. The van der Waals surface area contributed by atoms with Gasteiger partial charge in [0.1, 0.15) is 12.4 Å². The van der Waals surface area contributed by atoms with Crippen molar-refractivity contribution in [2.75, 3.05) is 32.8 Å². The molecular weight excluding hydrogens is 425 g/mol. The molecule has 1 atom stereocenters. The number of thiophene rings is 1. The number of benzene rings is 1. The van der Waals surface area contributed by atoms with E-state index in [0.717, 1.165) is 23.5 Å². The van der Waals surface area contributed by atoms with E-state index in [-0.39, 0.29) is 24.3 Å². The van der Waals surface area contributed by atoms with Crippen LogP contribution in [0.5, 0.6) is 0 Å². The predicted molar refractivity (Wildman–Crippen MR) is 115 cm³/mol. The van der Waals surface area contributed by atoms with Crippen molar-refractivity contribution in [3.8, 4) is 10.7 Å². The Bertz CT molecular complexity index is 1030. The number of carbonyl (C=O) groups is 1. The number of nitrogens with zero attached hydrogens (tertiary/aromatic N) is 3. The molecule has 0 unspecified atom stereocenters. The fourth-order valence-corrected chi connectivity index (χ4v) is 4.42. The summed E-state index contributed by atoms with van der Waals surface area (Å²) in [5.41, 5.74) is 0.956. The Balaban J connectivity index is 1.46. The molecular formula is C20H22FN5O2S2. The summed E-state index contributed by atoms with van der Waals surface area (Å²) in [6.07, 6.45) is 0. The van der Waals surface area contributed by atoms with Crippen molar-refractivity contribution < 1.29 is 13.9 Å². The first-order valence-electron chi connectivity index (χ1n) is 9.65. The third kappa shape index (κ3) is 4.84. The molecule has 1 aromatic carbocycles. The summed E-state index contributed by atoms with van der Waals surface area (Å²) in [5.74, 6) is 0.207. The zero-order valence-corrected chi connectivity index (χ0v) is 17.8. The van der Waals surface area contributed by atoms with E-state index < -0.39 is 0 Å². The van der Waals surface area contributed by atoms with Gasteiger partial charge >= 0.3 is 0 Å². The molecule has 2 aromatic heterocycles. The number of aromatic nitrogens is 3. The molecule has 1 amide bonds. The average molecular weight is 448 g/mol. The van der Waals surface area contributed by atoms with Crippen LogP contribution in [0.1, 0.15) is 11.6 Å². The van der Waals surface area contributed by atoms with Gasteiger partial charge in [-0.15, -0.1) is 11.3 Å². The smallest absolute Gasteiger partial charge is 0.240 e. The van der Waals surface area contributed by atoms with Crippen LogP contribution in [-0.2, 0) is 16.1 Å². The minimum absolute atomic E-state index is 0.0625. The lowest BCUT2D eigenvalue weighted by Gasteiger charge is -2.35. The fraction of sp³-hybridized carbons (Fsp3) is 0.350. The van der Waals surface area contributed by atoms with Crippen LogP contribution in [0, 0.1) is 10.6 Å². The van der Waals surface area contributed by atoms with Crippen LogP contribution in [0.2, 0.25) is 0 Å². The second kappa shape index (κ2) is 9.61. The van der Waals surface area contributed by atoms with Gasteiger partial charge in [0.25, 0.3) is 0 Å². The number of nitrogens with one attached hydrogen (secondary N) is 2. The number of rotatable bonds is 7. The molecule has 0 saturated carbocycles. The van der Waals surface area contributed by atoms with Gasteiger partial charge in [0, 0.05) is 19.6 Å². The van der Waals surface area contributed by atoms with Crippen LogP contribution in [0.25, 0.3) is 10.7 Å². The van der Waals surface area contributed by atoms with E-state index in [4.69, 9.17) is 17.0 Å². The van der Waals surface area contributed by atoms with Crippen molar-refractivity contribution in [2.45, 2.75) is 12.6 Å². The van der Waals surface area contributed by atoms with E-state index in [0.29, 0.717) is 30.4 Å². The second-order valence-electron chi connectivity index (χ2n) is 6.94. The Kier molecular flexibility index (Phi) is 6.68. The molecule has 1 aliphatic heterocycles. The van der Waals surface area contributed by atoms with Crippen molar-refractivity contribution in [1.82, 2.24) is 25.0 Å². The number of amides is 1. The van der Waals surface area contributed by atoms with Crippen LogP contribution in [-0.4, -0.2) is 58.4 Å². The molecule has 1 fully saturated rings. The van der Waals surface area contributed by atoms with Gasteiger partial charge in [-0.3, -0.25) is 19.4 Å². The number of carbonyl (C=O) groups excluding carboxylic acids is 1. The molecule has 30 heavy (non-hydrogen) atoms. The lowest BCUT2D eigenvalue weighted by molar-refractivity contribution is -0.122. The van der Waals surface area contributed by atoms with E-state index in [9.17, 15) is 9.18 Å². The summed E-state index contributed by atoms with van der Waals surface area (Å²) in [6.45, 7) is 3.27. The van der Waals surface area contributed by atoms with Gasteiger partial charge < -0.3 is 10.1 Å². The Morgan fingerprint density at radius 3 is 2.77 bits per heavy atom. The minimum atomic E-state index is -0.279. The molecule has 1 aliphatic rings. The summed E-state index contributed by atoms with van der Waals surface area (Å²) in [7, 11) is 0. The normalized spacial score (nSPS) is 15.8. The number of H-pyrrole nitrogens is 1. The molecule has 3 heterocycles. The lowest BCUT2D eigenvalue weighted by Crippen LogP contribution is -2.44. The zero-order chi connectivity index (χ0) is 20.9. The minimum Gasteiger partial charge on any atom is -0.379 e. The first-order valence-corrected chi connectivity index (χ1v) is 10.9. The maximum Gasteiger partial charge on any atom is 0.240 e. The van der Waals surface area contributed by atoms with Crippen molar-refractivity contribution in [3.05, 3.63) is 57.9 Å². The van der Waals surface area contributed by atoms with Crippen LogP contribution >= 0.6 is 23.6 Å². The number of aromatic amines is 1. The van der Waals surface area contributed by atoms with Gasteiger partial charge in [-0.25, -0.2) is 4.39 Å². The highest BCUT2D eigenvalue weighted by atomic mass is 32.1. The lowest BCUT2D eigenvalue weighted by atomic mass is 10.0. The first kappa shape index (κ1) is 20.9. The first-order chi connectivity index (χ1) is 14.6. The molecule has 2 N–H and O–H groups in total. The van der Waals surface area contributed by atoms with Crippen molar-refractivity contribution in [2.24, 2.45) is 0 Å². The van der Waals surface area contributed by atoms with E-state index in [1.165, 1.54) is 23.5 Å². The second-order valence-corrected chi connectivity index (χ2v) is 8.27. The molecule has 7 nitrogen and oxygen atoms in total. The van der Waals surface area contributed by atoms with Gasteiger partial charge in [0.2, 0.25) is 5.91 Å². The maximum atomic E-state index is 13.4. The van der Waals surface area contributed by atoms with Gasteiger partial charge in [0.05, 0.1) is 24.1 Å². The molecule has 3 aromatic rings. The van der Waals surface area contributed by atoms with Crippen molar-refractivity contribution in [3.63, 3.8) is 0 Å². The molecule has 0 bridgehead atoms. The topological polar surface area (TPSA) is 75.2 Å². The predicted octanol–water partition coefficient (Wildman–Crippen LogP) is 3.00. The Hall–Kier alpha value is -2.40. The van der Waals surface area contributed by atoms with Gasteiger partial charge in [0.15, 0.2) is 10.6 Å². The number of ether oxygens (including phenoxy) is 1. The third-order valence-corrected chi connectivity index (χ3v) is 6.21. The Labute approximate surface area is 182 Å². The monoisotopic (exact) mass is 447 g/mol. The number of hydrogen-bond acceptors (Lipinski definition) is 6. The molecule has 10 heteroatoms. The largest absolute Gasteiger partial charge is 0.379 e. The Morgan fingerprint density at radius 2 is 2.07 bits per heavy atom. The molecule has 0 aliphatic carbocycles. The highest BCUT2D eigenvalue weighted by Crippen LogP contribution is 2.23. The SMILES string of the molecule is O=C(Cn1c(-c2cccs2)n[nH]c1=S)NC[C@H](c1ccc(F)cc1)N1CCOCC1. The summed E-state index contributed by atoms with van der Waals surface area (Å²) in [5, 5.41) is 12.0. The third-order valence-electron chi connectivity index (χ3n) is 5.04. The summed E-state index contributed by atoms with van der Waals surface area (Å²) >= 11 is 6.84. The van der Waals surface area contributed by atoms with Crippen LogP contribution in [0.3, 0.4) is 0 Å². The zero-order valence-electron chi connectivity index (χ0n) is 16.2. The van der Waals surface area contributed by atoms with E-state index in [1.807, 2.05) is 17.5 Å². The molecule has 158 valence electrons. The summed E-state index contributed by atoms with van der Waals surface area (Å²) < 4.78 is 20.9. The van der Waals surface area contributed by atoms with E-state index in [2.05, 4.69) is 20.4 Å². The van der Waals surface area contributed by atoms with Gasteiger partial charge in [-0.05, 0) is 41.4 Å². The maximum absolute atomic E-state index is 13.4. The summed E-state index contributed by atoms with van der Waals surface area (Å²) in [6, 6.07) is 10.2. The highest BCUT2D eigenvalue weighted by Gasteiger charge is 2.23. The quantitative estimate of drug-likeness (QED) is 0.545. The number of halogens is 1. The van der Waals surface area contributed by atoms with Crippen molar-refractivity contribution >= 4 is 29.5 Å². The molecule has 0 radical (unpaired) electrons. The summed E-state index contributed by atoms with van der Waals surface area (Å²) in [4.78, 5) is 15.9. The number of morpholine rings is 1. The van der Waals surface area contributed by atoms with E-state index in [1.54, 1.807) is 16.7 Å². The number of hydrogen-bond donors (Lipinski definition) is 2. The highest BCUT2D eigenvalue weighted by molar-refractivity contribution is 7.71. The van der Waals surface area contributed by atoms with Gasteiger partial charge in [-0.1, -0.05) is 18.2 Å². The fourth-order valence-electron chi connectivity index (χ4n) is 3.50. The van der Waals surface area contributed by atoms with Crippen LogP contribution in [0.4, 0.5) is 4.39 Å². The van der Waals surface area contributed by atoms with Gasteiger partial charge in [-0.2, -0.15) is 5.10 Å². The van der Waals surface area contributed by atoms with E-state index >= 15 is 0 Å². The molecule has 4 rings (SSSR count). The van der Waals surface area contributed by atoms with Crippen LogP contribution in [0.15, 0.2) is 41.8 Å². The van der Waals surface area contributed by atoms with Crippen molar-refractivity contribution in [1.29, 1.82) is 0 Å². The Morgan fingerprint density at radius 1 is 1.30 bits per heavy atom. The standard InChI is InChI=1S/C20H22FN5O2S2/c21-15-5-3-14(4-6-15)16(25-7-9-28-10-8-25)12-22-18(27)13-26-19(23-24-20(26)29)17-2-1-11-30-17/h1-6,11,16H,7-10,12-13H2,(H,22,27)(H,24,29)/t16-/m1/s1. The average Bonchev–Trinajstić information content (AvgIpc) is 3.41.